The molecule has 1 fully saturated rings. The van der Waals surface area contributed by atoms with Gasteiger partial charge in [-0.05, 0) is 26.3 Å². The van der Waals surface area contributed by atoms with Crippen LogP contribution in [0.2, 0.25) is 0 Å². The number of amides is 2. The number of carbonyl (C=O) groups is 2. The van der Waals surface area contributed by atoms with Gasteiger partial charge in [-0.3, -0.25) is 14.5 Å². The molecule has 0 aromatic rings. The van der Waals surface area contributed by atoms with Gasteiger partial charge in [-0.2, -0.15) is 0 Å². The van der Waals surface area contributed by atoms with Crippen LogP contribution in [0.3, 0.4) is 0 Å². The zero-order valence-corrected chi connectivity index (χ0v) is 7.95. The molecule has 1 N–H and O–H groups in total. The first-order valence-electron chi connectivity index (χ1n) is 4.76. The number of piperidine rings is 1. The van der Waals surface area contributed by atoms with Crippen molar-refractivity contribution in [2.24, 2.45) is 5.92 Å². The SMILES string of the molecule is CCN(C=O)C(=O)C1CCCNC1. The van der Waals surface area contributed by atoms with E-state index in [1.54, 1.807) is 0 Å². The molecular weight excluding hydrogens is 168 g/mol. The normalized spacial score (nSPS) is 22.4. The van der Waals surface area contributed by atoms with Crippen LogP contribution in [-0.4, -0.2) is 36.9 Å². The molecule has 0 radical (unpaired) electrons. The fraction of sp³-hybridized carbons (Fsp3) is 0.778. The van der Waals surface area contributed by atoms with E-state index in [1.807, 2.05) is 6.92 Å². The van der Waals surface area contributed by atoms with Crippen LogP contribution in [0.4, 0.5) is 0 Å². The van der Waals surface area contributed by atoms with Gasteiger partial charge in [0.15, 0.2) is 0 Å². The summed E-state index contributed by atoms with van der Waals surface area (Å²) in [5, 5.41) is 3.16. The van der Waals surface area contributed by atoms with Crippen LogP contribution in [0.5, 0.6) is 0 Å². The zero-order chi connectivity index (χ0) is 9.68. The van der Waals surface area contributed by atoms with E-state index in [0.29, 0.717) is 19.5 Å². The maximum atomic E-state index is 11.6. The maximum Gasteiger partial charge on any atom is 0.233 e. The Balaban J connectivity index is 2.48. The topological polar surface area (TPSA) is 49.4 Å². The van der Waals surface area contributed by atoms with Crippen LogP contribution in [0.1, 0.15) is 19.8 Å². The van der Waals surface area contributed by atoms with Crippen molar-refractivity contribution in [2.75, 3.05) is 19.6 Å². The van der Waals surface area contributed by atoms with Gasteiger partial charge in [-0.15, -0.1) is 0 Å². The monoisotopic (exact) mass is 184 g/mol. The number of hydrogen-bond donors (Lipinski definition) is 1. The van der Waals surface area contributed by atoms with E-state index < -0.39 is 0 Å². The molecule has 4 nitrogen and oxygen atoms in total. The summed E-state index contributed by atoms with van der Waals surface area (Å²) in [4.78, 5) is 23.4. The summed E-state index contributed by atoms with van der Waals surface area (Å²) in [5.74, 6) is -0.0383. The molecule has 1 atom stereocenters. The minimum absolute atomic E-state index is 0.00102. The lowest BCUT2D eigenvalue weighted by Crippen LogP contribution is -2.42. The lowest BCUT2D eigenvalue weighted by Gasteiger charge is -2.25. The molecule has 0 spiro atoms. The van der Waals surface area contributed by atoms with Crippen LogP contribution in [0.15, 0.2) is 0 Å². The highest BCUT2D eigenvalue weighted by atomic mass is 16.2. The van der Waals surface area contributed by atoms with Gasteiger partial charge in [0, 0.05) is 13.1 Å². The fourth-order valence-corrected chi connectivity index (χ4v) is 1.58. The van der Waals surface area contributed by atoms with E-state index in [1.165, 1.54) is 4.90 Å². The molecule has 1 heterocycles. The van der Waals surface area contributed by atoms with Gasteiger partial charge in [-0.25, -0.2) is 0 Å². The van der Waals surface area contributed by atoms with Crippen molar-refractivity contribution >= 4 is 12.3 Å². The molecule has 1 aliphatic heterocycles. The Hall–Kier alpha value is -0.900. The highest BCUT2D eigenvalue weighted by Crippen LogP contribution is 2.12. The Morgan fingerprint density at radius 1 is 1.69 bits per heavy atom. The minimum Gasteiger partial charge on any atom is -0.316 e. The van der Waals surface area contributed by atoms with Crippen LogP contribution >= 0.6 is 0 Å². The minimum atomic E-state index is -0.0373. The van der Waals surface area contributed by atoms with Crippen molar-refractivity contribution in [1.82, 2.24) is 10.2 Å². The third-order valence-electron chi connectivity index (χ3n) is 2.40. The molecule has 1 unspecified atom stereocenters. The predicted molar refractivity (Wildman–Crippen MR) is 49.0 cm³/mol. The Morgan fingerprint density at radius 3 is 2.92 bits per heavy atom. The van der Waals surface area contributed by atoms with Crippen molar-refractivity contribution in [3.63, 3.8) is 0 Å². The second-order valence-corrected chi connectivity index (χ2v) is 3.27. The first-order valence-corrected chi connectivity index (χ1v) is 4.76. The van der Waals surface area contributed by atoms with Gasteiger partial charge in [0.05, 0.1) is 5.92 Å². The summed E-state index contributed by atoms with van der Waals surface area (Å²) in [6.45, 7) is 3.97. The van der Waals surface area contributed by atoms with Crippen molar-refractivity contribution in [1.29, 1.82) is 0 Å². The third-order valence-corrected chi connectivity index (χ3v) is 2.40. The van der Waals surface area contributed by atoms with Crippen LogP contribution in [0.25, 0.3) is 0 Å². The summed E-state index contributed by atoms with van der Waals surface area (Å²) < 4.78 is 0. The maximum absolute atomic E-state index is 11.6. The van der Waals surface area contributed by atoms with Gasteiger partial charge in [0.2, 0.25) is 12.3 Å². The standard InChI is InChI=1S/C9H16N2O2/c1-2-11(7-12)9(13)8-4-3-5-10-6-8/h7-8,10H,2-6H2,1H3. The second kappa shape index (κ2) is 4.97. The molecular formula is C9H16N2O2. The second-order valence-electron chi connectivity index (χ2n) is 3.27. The van der Waals surface area contributed by atoms with E-state index in [4.69, 9.17) is 0 Å². The van der Waals surface area contributed by atoms with Crippen LogP contribution < -0.4 is 5.32 Å². The Morgan fingerprint density at radius 2 is 2.46 bits per heavy atom. The number of hydrogen-bond acceptors (Lipinski definition) is 3. The highest BCUT2D eigenvalue weighted by Gasteiger charge is 2.24. The van der Waals surface area contributed by atoms with Crippen molar-refractivity contribution < 1.29 is 9.59 Å². The van der Waals surface area contributed by atoms with Crippen LogP contribution in [-0.2, 0) is 9.59 Å². The molecule has 1 aliphatic rings. The average molecular weight is 184 g/mol. The van der Waals surface area contributed by atoms with Gasteiger partial charge in [-0.1, -0.05) is 0 Å². The Labute approximate surface area is 78.3 Å². The molecule has 0 saturated carbocycles. The zero-order valence-electron chi connectivity index (χ0n) is 7.95. The number of carbonyl (C=O) groups excluding carboxylic acids is 2. The molecule has 1 saturated heterocycles. The summed E-state index contributed by atoms with van der Waals surface area (Å²) in [6, 6.07) is 0. The van der Waals surface area contributed by atoms with Crippen molar-refractivity contribution in [2.45, 2.75) is 19.8 Å². The van der Waals surface area contributed by atoms with E-state index in [2.05, 4.69) is 5.32 Å². The molecule has 0 aliphatic carbocycles. The van der Waals surface area contributed by atoms with E-state index >= 15 is 0 Å². The van der Waals surface area contributed by atoms with Crippen molar-refractivity contribution in [3.05, 3.63) is 0 Å². The molecule has 74 valence electrons. The number of nitrogens with zero attached hydrogens (tertiary/aromatic N) is 1. The summed E-state index contributed by atoms with van der Waals surface area (Å²) >= 11 is 0. The molecule has 13 heavy (non-hydrogen) atoms. The van der Waals surface area contributed by atoms with Gasteiger partial charge < -0.3 is 5.32 Å². The predicted octanol–water partition coefficient (Wildman–Crippen LogP) is -0.00910. The van der Waals surface area contributed by atoms with Crippen LogP contribution in [0, 0.1) is 5.92 Å². The van der Waals surface area contributed by atoms with E-state index in [9.17, 15) is 9.59 Å². The largest absolute Gasteiger partial charge is 0.316 e. The fourth-order valence-electron chi connectivity index (χ4n) is 1.58. The lowest BCUT2D eigenvalue weighted by molar-refractivity contribution is -0.141. The Kier molecular flexibility index (Phi) is 3.89. The molecule has 2 amide bonds. The molecule has 0 bridgehead atoms. The highest BCUT2D eigenvalue weighted by molar-refractivity contribution is 5.88. The first kappa shape index (κ1) is 10.2. The molecule has 0 aromatic heterocycles. The van der Waals surface area contributed by atoms with Gasteiger partial charge in [0.25, 0.3) is 0 Å². The molecule has 1 rings (SSSR count). The van der Waals surface area contributed by atoms with E-state index in [0.717, 1.165) is 19.4 Å². The van der Waals surface area contributed by atoms with Gasteiger partial charge in [0.1, 0.15) is 0 Å². The quantitative estimate of drug-likeness (QED) is 0.628. The lowest BCUT2D eigenvalue weighted by atomic mass is 9.98. The number of imide groups is 1. The summed E-state index contributed by atoms with van der Waals surface area (Å²) in [6.07, 6.45) is 2.54. The third kappa shape index (κ3) is 2.52. The Bertz CT molecular complexity index is 188. The number of rotatable bonds is 3. The molecule has 4 heteroatoms. The summed E-state index contributed by atoms with van der Waals surface area (Å²) in [7, 11) is 0. The van der Waals surface area contributed by atoms with E-state index in [-0.39, 0.29) is 11.8 Å². The number of nitrogens with one attached hydrogen (secondary N) is 1. The average Bonchev–Trinajstić information content (AvgIpc) is 2.21. The van der Waals surface area contributed by atoms with Gasteiger partial charge >= 0.3 is 0 Å². The van der Waals surface area contributed by atoms with Crippen molar-refractivity contribution in [3.8, 4) is 0 Å². The first-order chi connectivity index (χ1) is 6.29. The summed E-state index contributed by atoms with van der Waals surface area (Å²) in [5.41, 5.74) is 0. The molecule has 0 aromatic carbocycles. The smallest absolute Gasteiger partial charge is 0.233 e.